The summed E-state index contributed by atoms with van der Waals surface area (Å²) in [5, 5.41) is 13.1. The number of hydrogen-bond acceptors (Lipinski definition) is 7. The van der Waals surface area contributed by atoms with Crippen LogP contribution in [0.1, 0.15) is 46.3 Å². The highest BCUT2D eigenvalue weighted by Gasteiger charge is 2.24. The predicted molar refractivity (Wildman–Crippen MR) is 130 cm³/mol. The van der Waals surface area contributed by atoms with E-state index in [1.54, 1.807) is 6.07 Å². The third kappa shape index (κ3) is 3.74. The van der Waals surface area contributed by atoms with E-state index in [9.17, 15) is 10.1 Å². The predicted octanol–water partition coefficient (Wildman–Crippen LogP) is 5.08. The quantitative estimate of drug-likeness (QED) is 0.404. The lowest BCUT2D eigenvalue weighted by Gasteiger charge is -2.11. The summed E-state index contributed by atoms with van der Waals surface area (Å²) in [5.41, 5.74) is 16.4. The molecule has 0 saturated carbocycles. The SMILES string of the molecule is Cc1cccc(NC(=O)c2sc3nc(N)c(C#N)c(-c4ccc(C(C)C)cc4)c3c2N)n1. The molecule has 5 N–H and O–H groups in total. The molecule has 7 nitrogen and oxygen atoms in total. The Morgan fingerprint density at radius 3 is 2.47 bits per heavy atom. The van der Waals surface area contributed by atoms with Crippen LogP contribution in [0.3, 0.4) is 0 Å². The van der Waals surface area contributed by atoms with Gasteiger partial charge in [0.15, 0.2) is 0 Å². The fourth-order valence-corrected chi connectivity index (χ4v) is 4.57. The number of thiophene rings is 1. The number of carbonyl (C=O) groups excluding carboxylic acids is 1. The van der Waals surface area contributed by atoms with Gasteiger partial charge in [-0.05, 0) is 36.1 Å². The summed E-state index contributed by atoms with van der Waals surface area (Å²) in [4.78, 5) is 22.4. The normalized spacial score (nSPS) is 11.0. The molecule has 4 rings (SSSR count). The van der Waals surface area contributed by atoms with Gasteiger partial charge in [0, 0.05) is 16.6 Å². The molecule has 0 radical (unpaired) electrons. The zero-order chi connectivity index (χ0) is 23.0. The molecule has 3 aromatic heterocycles. The summed E-state index contributed by atoms with van der Waals surface area (Å²) >= 11 is 1.14. The van der Waals surface area contributed by atoms with Gasteiger partial charge in [-0.2, -0.15) is 5.26 Å². The fraction of sp³-hybridized carbons (Fsp3) is 0.167. The van der Waals surface area contributed by atoms with Crippen molar-refractivity contribution >= 4 is 44.8 Å². The van der Waals surface area contributed by atoms with Crippen LogP contribution in [-0.2, 0) is 0 Å². The van der Waals surface area contributed by atoms with E-state index >= 15 is 0 Å². The number of nitriles is 1. The Morgan fingerprint density at radius 2 is 1.84 bits per heavy atom. The number of pyridine rings is 2. The van der Waals surface area contributed by atoms with Crippen molar-refractivity contribution in [3.8, 4) is 17.2 Å². The van der Waals surface area contributed by atoms with E-state index < -0.39 is 0 Å². The van der Waals surface area contributed by atoms with Gasteiger partial charge in [0.2, 0.25) is 0 Å². The lowest BCUT2D eigenvalue weighted by molar-refractivity contribution is 0.103. The van der Waals surface area contributed by atoms with E-state index in [1.165, 1.54) is 5.56 Å². The van der Waals surface area contributed by atoms with Gasteiger partial charge in [0.05, 0.1) is 5.69 Å². The number of carbonyl (C=O) groups is 1. The smallest absolute Gasteiger partial charge is 0.269 e. The van der Waals surface area contributed by atoms with Gasteiger partial charge in [-0.25, -0.2) is 9.97 Å². The molecular weight excluding hydrogens is 420 g/mol. The largest absolute Gasteiger partial charge is 0.397 e. The molecule has 0 fully saturated rings. The minimum atomic E-state index is -0.387. The van der Waals surface area contributed by atoms with E-state index in [-0.39, 0.29) is 23.0 Å². The Hall–Kier alpha value is -3.96. The number of nitrogens with zero attached hydrogens (tertiary/aromatic N) is 3. The zero-order valence-corrected chi connectivity index (χ0v) is 18.7. The number of rotatable bonds is 4. The number of aryl methyl sites for hydroxylation is 1. The van der Waals surface area contributed by atoms with Gasteiger partial charge in [-0.1, -0.05) is 44.2 Å². The molecule has 32 heavy (non-hydrogen) atoms. The number of anilines is 3. The number of hydrogen-bond donors (Lipinski definition) is 3. The van der Waals surface area contributed by atoms with Crippen LogP contribution >= 0.6 is 11.3 Å². The molecule has 4 aromatic rings. The van der Waals surface area contributed by atoms with Gasteiger partial charge < -0.3 is 16.8 Å². The molecule has 0 aliphatic rings. The first-order chi connectivity index (χ1) is 15.3. The van der Waals surface area contributed by atoms with Crippen molar-refractivity contribution in [1.82, 2.24) is 9.97 Å². The molecule has 3 heterocycles. The molecule has 0 aliphatic heterocycles. The highest BCUT2D eigenvalue weighted by atomic mass is 32.1. The second-order valence-electron chi connectivity index (χ2n) is 7.78. The van der Waals surface area contributed by atoms with Crippen LogP contribution in [0, 0.1) is 18.3 Å². The van der Waals surface area contributed by atoms with E-state index in [1.807, 2.05) is 43.3 Å². The summed E-state index contributed by atoms with van der Waals surface area (Å²) in [7, 11) is 0. The highest BCUT2D eigenvalue weighted by Crippen LogP contribution is 2.43. The van der Waals surface area contributed by atoms with Crippen molar-refractivity contribution in [1.29, 1.82) is 5.26 Å². The minimum Gasteiger partial charge on any atom is -0.397 e. The lowest BCUT2D eigenvalue weighted by Crippen LogP contribution is -2.13. The number of nitrogen functional groups attached to an aromatic ring is 2. The average molecular weight is 443 g/mol. The van der Waals surface area contributed by atoms with Gasteiger partial charge in [0.1, 0.15) is 33.0 Å². The molecule has 0 bridgehead atoms. The molecule has 0 aliphatic carbocycles. The number of fused-ring (bicyclic) bond motifs is 1. The highest BCUT2D eigenvalue weighted by molar-refractivity contribution is 7.21. The molecule has 1 aromatic carbocycles. The number of nitrogens with two attached hydrogens (primary N) is 2. The van der Waals surface area contributed by atoms with Crippen molar-refractivity contribution in [2.24, 2.45) is 0 Å². The molecule has 1 amide bonds. The van der Waals surface area contributed by atoms with Crippen LogP contribution in [-0.4, -0.2) is 15.9 Å². The maximum Gasteiger partial charge on any atom is 0.269 e. The summed E-state index contributed by atoms with van der Waals surface area (Å²) in [5.74, 6) is 0.526. The van der Waals surface area contributed by atoms with Crippen LogP contribution in [0.15, 0.2) is 42.5 Å². The fourth-order valence-electron chi connectivity index (χ4n) is 3.56. The number of amides is 1. The van der Waals surface area contributed by atoms with Crippen LogP contribution in [0.25, 0.3) is 21.3 Å². The van der Waals surface area contributed by atoms with E-state index in [2.05, 4.69) is 35.2 Å². The van der Waals surface area contributed by atoms with E-state index in [4.69, 9.17) is 11.5 Å². The number of aromatic nitrogens is 2. The molecule has 8 heteroatoms. The first-order valence-corrected chi connectivity index (χ1v) is 10.9. The van der Waals surface area contributed by atoms with Crippen LogP contribution < -0.4 is 16.8 Å². The second kappa shape index (κ2) is 8.29. The van der Waals surface area contributed by atoms with Crippen molar-refractivity contribution < 1.29 is 4.79 Å². The Kier molecular flexibility index (Phi) is 5.51. The second-order valence-corrected chi connectivity index (χ2v) is 8.78. The molecule has 0 saturated heterocycles. The topological polar surface area (TPSA) is 131 Å². The molecule has 0 spiro atoms. The Balaban J connectivity index is 1.87. The molecule has 160 valence electrons. The minimum absolute atomic E-state index is 0.108. The summed E-state index contributed by atoms with van der Waals surface area (Å²) in [6.07, 6.45) is 0. The molecule has 0 unspecified atom stereocenters. The van der Waals surface area contributed by atoms with Gasteiger partial charge in [-0.3, -0.25) is 4.79 Å². The maximum atomic E-state index is 13.0. The van der Waals surface area contributed by atoms with Crippen LogP contribution in [0.5, 0.6) is 0 Å². The van der Waals surface area contributed by atoms with Crippen molar-refractivity contribution in [3.63, 3.8) is 0 Å². The Labute approximate surface area is 189 Å². The van der Waals surface area contributed by atoms with E-state index in [0.29, 0.717) is 32.4 Å². The zero-order valence-electron chi connectivity index (χ0n) is 17.9. The van der Waals surface area contributed by atoms with Crippen LogP contribution in [0.2, 0.25) is 0 Å². The van der Waals surface area contributed by atoms with Crippen LogP contribution in [0.4, 0.5) is 17.3 Å². The van der Waals surface area contributed by atoms with Crippen molar-refractivity contribution in [3.05, 3.63) is 64.2 Å². The molecular formula is C24H22N6OS. The monoisotopic (exact) mass is 442 g/mol. The molecule has 0 atom stereocenters. The Bertz CT molecular complexity index is 1380. The number of nitrogens with one attached hydrogen (secondary N) is 1. The van der Waals surface area contributed by atoms with Crippen molar-refractivity contribution in [2.75, 3.05) is 16.8 Å². The third-order valence-electron chi connectivity index (χ3n) is 5.22. The summed E-state index contributed by atoms with van der Waals surface area (Å²) < 4.78 is 0. The standard InChI is InChI=1S/C24H22N6OS/c1-12(2)14-7-9-15(10-8-14)18-16(11-25)22(27)30-24-19(18)20(26)21(32-24)23(31)29-17-6-4-5-13(3)28-17/h4-10,12H,26H2,1-3H3,(H2,27,30)(H,28,29,31). The average Bonchev–Trinajstić information content (AvgIpc) is 3.08. The summed E-state index contributed by atoms with van der Waals surface area (Å²) in [6.45, 7) is 6.07. The third-order valence-corrected chi connectivity index (χ3v) is 6.32. The first kappa shape index (κ1) is 21.3. The van der Waals surface area contributed by atoms with E-state index in [0.717, 1.165) is 22.6 Å². The van der Waals surface area contributed by atoms with Gasteiger partial charge in [-0.15, -0.1) is 11.3 Å². The van der Waals surface area contributed by atoms with Crippen molar-refractivity contribution in [2.45, 2.75) is 26.7 Å². The maximum absolute atomic E-state index is 13.0. The van der Waals surface area contributed by atoms with Gasteiger partial charge >= 0.3 is 0 Å². The summed E-state index contributed by atoms with van der Waals surface area (Å²) in [6, 6.07) is 15.4. The lowest BCUT2D eigenvalue weighted by atomic mass is 9.94. The Morgan fingerprint density at radius 1 is 1.12 bits per heavy atom. The number of benzene rings is 1. The van der Waals surface area contributed by atoms with Gasteiger partial charge in [0.25, 0.3) is 5.91 Å². The first-order valence-electron chi connectivity index (χ1n) is 10.1.